The Morgan fingerprint density at radius 1 is 1.29 bits per heavy atom. The van der Waals surface area contributed by atoms with Gasteiger partial charge in [0.1, 0.15) is 0 Å². The van der Waals surface area contributed by atoms with E-state index < -0.39 is 9.84 Å². The Hall–Kier alpha value is -1.60. The van der Waals surface area contributed by atoms with Gasteiger partial charge in [0.25, 0.3) is 0 Å². The van der Waals surface area contributed by atoms with E-state index in [1.807, 2.05) is 32.0 Å². The molecule has 0 bridgehead atoms. The Morgan fingerprint density at radius 3 is 2.24 bits per heavy atom. The Labute approximate surface area is 102 Å². The van der Waals surface area contributed by atoms with Crippen molar-refractivity contribution in [1.29, 1.82) is 5.26 Å². The SMILES string of the molecule is Cc1cc(/C=C/C#N)cc(C)c1CS(C)(=O)=O. The molecule has 3 nitrogen and oxygen atoms in total. The van der Waals surface area contributed by atoms with Gasteiger partial charge in [-0.15, -0.1) is 0 Å². The molecule has 1 rings (SSSR count). The average Bonchev–Trinajstić information content (AvgIpc) is 2.19. The zero-order chi connectivity index (χ0) is 13.1. The van der Waals surface area contributed by atoms with Crippen LogP contribution in [0, 0.1) is 25.2 Å². The number of nitrogens with zero attached hydrogens (tertiary/aromatic N) is 1. The monoisotopic (exact) mass is 249 g/mol. The molecule has 0 aliphatic carbocycles. The van der Waals surface area contributed by atoms with Crippen molar-refractivity contribution in [3.63, 3.8) is 0 Å². The third-order valence-electron chi connectivity index (χ3n) is 2.48. The molecule has 0 aliphatic rings. The van der Waals surface area contributed by atoms with E-state index in [1.54, 1.807) is 6.08 Å². The van der Waals surface area contributed by atoms with Crippen molar-refractivity contribution in [3.05, 3.63) is 40.5 Å². The van der Waals surface area contributed by atoms with Crippen LogP contribution in [-0.4, -0.2) is 14.7 Å². The van der Waals surface area contributed by atoms with Crippen LogP contribution in [0.1, 0.15) is 22.3 Å². The van der Waals surface area contributed by atoms with Crippen molar-refractivity contribution in [2.24, 2.45) is 0 Å². The Bertz CT molecular complexity index is 569. The lowest BCUT2D eigenvalue weighted by Crippen LogP contribution is -2.04. The van der Waals surface area contributed by atoms with Crippen LogP contribution in [0.2, 0.25) is 0 Å². The van der Waals surface area contributed by atoms with Gasteiger partial charge in [-0.1, -0.05) is 12.1 Å². The minimum absolute atomic E-state index is 0.0624. The van der Waals surface area contributed by atoms with Crippen molar-refractivity contribution in [1.82, 2.24) is 0 Å². The number of sulfone groups is 1. The van der Waals surface area contributed by atoms with Crippen LogP contribution in [0.25, 0.3) is 6.08 Å². The van der Waals surface area contributed by atoms with Gasteiger partial charge in [-0.3, -0.25) is 0 Å². The lowest BCUT2D eigenvalue weighted by molar-refractivity contribution is 0.601. The lowest BCUT2D eigenvalue weighted by Gasteiger charge is -2.10. The number of hydrogen-bond acceptors (Lipinski definition) is 3. The van der Waals surface area contributed by atoms with Gasteiger partial charge in [-0.2, -0.15) is 5.26 Å². The molecule has 0 saturated heterocycles. The van der Waals surface area contributed by atoms with E-state index in [0.717, 1.165) is 22.3 Å². The smallest absolute Gasteiger partial charge is 0.151 e. The maximum absolute atomic E-state index is 11.3. The highest BCUT2D eigenvalue weighted by atomic mass is 32.2. The molecule has 0 saturated carbocycles. The molecule has 0 N–H and O–H groups in total. The molecule has 0 aromatic heterocycles. The van der Waals surface area contributed by atoms with Crippen LogP contribution in [0.4, 0.5) is 0 Å². The van der Waals surface area contributed by atoms with Gasteiger partial charge >= 0.3 is 0 Å². The van der Waals surface area contributed by atoms with Crippen molar-refractivity contribution >= 4 is 15.9 Å². The summed E-state index contributed by atoms with van der Waals surface area (Å²) in [5, 5.41) is 8.46. The summed E-state index contributed by atoms with van der Waals surface area (Å²) < 4.78 is 22.6. The number of allylic oxidation sites excluding steroid dienone is 1. The topological polar surface area (TPSA) is 57.9 Å². The molecular weight excluding hydrogens is 234 g/mol. The standard InChI is InChI=1S/C13H15NO2S/c1-10-7-12(5-4-6-14)8-11(2)13(10)9-17(3,15)16/h4-5,7-8H,9H2,1-3H3/b5-4+. The minimum atomic E-state index is -3.02. The molecule has 1 aromatic rings. The fourth-order valence-electron chi connectivity index (χ4n) is 1.75. The quantitative estimate of drug-likeness (QED) is 0.773. The molecule has 0 amide bonds. The summed E-state index contributed by atoms with van der Waals surface area (Å²) in [5.41, 5.74) is 3.64. The molecule has 0 spiro atoms. The van der Waals surface area contributed by atoms with E-state index in [4.69, 9.17) is 5.26 Å². The van der Waals surface area contributed by atoms with Gasteiger partial charge in [0.15, 0.2) is 9.84 Å². The summed E-state index contributed by atoms with van der Waals surface area (Å²) in [6.45, 7) is 3.77. The van der Waals surface area contributed by atoms with Gasteiger partial charge in [-0.25, -0.2) is 8.42 Å². The average molecular weight is 249 g/mol. The van der Waals surface area contributed by atoms with E-state index in [9.17, 15) is 8.42 Å². The van der Waals surface area contributed by atoms with Gasteiger partial charge in [0.2, 0.25) is 0 Å². The second-order valence-electron chi connectivity index (χ2n) is 4.17. The first-order valence-corrected chi connectivity index (χ1v) is 7.23. The second kappa shape index (κ2) is 5.15. The van der Waals surface area contributed by atoms with Crippen molar-refractivity contribution in [2.75, 3.05) is 6.26 Å². The number of benzene rings is 1. The van der Waals surface area contributed by atoms with E-state index in [-0.39, 0.29) is 5.75 Å². The first kappa shape index (κ1) is 13.5. The predicted octanol–water partition coefficient (Wildman–Crippen LogP) is 2.38. The number of rotatable bonds is 3. The van der Waals surface area contributed by atoms with Crippen molar-refractivity contribution < 1.29 is 8.42 Å². The minimum Gasteiger partial charge on any atom is -0.229 e. The van der Waals surface area contributed by atoms with Crippen LogP contribution in [-0.2, 0) is 15.6 Å². The zero-order valence-electron chi connectivity index (χ0n) is 10.2. The normalized spacial score (nSPS) is 11.6. The van der Waals surface area contributed by atoms with Crippen LogP contribution >= 0.6 is 0 Å². The summed E-state index contributed by atoms with van der Waals surface area (Å²) in [6, 6.07) is 5.71. The summed E-state index contributed by atoms with van der Waals surface area (Å²) in [6.07, 6.45) is 4.35. The van der Waals surface area contributed by atoms with E-state index in [1.165, 1.54) is 12.3 Å². The lowest BCUT2D eigenvalue weighted by atomic mass is 10.0. The first-order chi connectivity index (χ1) is 7.83. The molecule has 0 heterocycles. The maximum atomic E-state index is 11.3. The highest BCUT2D eigenvalue weighted by Crippen LogP contribution is 2.19. The Balaban J connectivity index is 3.20. The molecule has 90 valence electrons. The molecule has 0 aliphatic heterocycles. The molecule has 1 aromatic carbocycles. The van der Waals surface area contributed by atoms with Gasteiger partial charge in [-0.05, 0) is 42.2 Å². The molecule has 17 heavy (non-hydrogen) atoms. The third kappa shape index (κ3) is 4.04. The molecular formula is C13H15NO2S. The van der Waals surface area contributed by atoms with E-state index in [0.29, 0.717) is 0 Å². The molecule has 0 fully saturated rings. The van der Waals surface area contributed by atoms with Gasteiger partial charge in [0, 0.05) is 12.3 Å². The second-order valence-corrected chi connectivity index (χ2v) is 6.31. The fourth-order valence-corrected chi connectivity index (χ4v) is 2.73. The first-order valence-electron chi connectivity index (χ1n) is 5.17. The van der Waals surface area contributed by atoms with Crippen LogP contribution in [0.5, 0.6) is 0 Å². The summed E-state index contributed by atoms with van der Waals surface area (Å²) in [4.78, 5) is 0. The Kier molecular flexibility index (Phi) is 4.08. The Morgan fingerprint density at radius 2 is 1.82 bits per heavy atom. The highest BCUT2D eigenvalue weighted by molar-refractivity contribution is 7.89. The van der Waals surface area contributed by atoms with Gasteiger partial charge in [0.05, 0.1) is 11.8 Å². The molecule has 4 heteroatoms. The molecule has 0 radical (unpaired) electrons. The molecule has 0 atom stereocenters. The summed E-state index contributed by atoms with van der Waals surface area (Å²) in [7, 11) is -3.02. The predicted molar refractivity (Wildman–Crippen MR) is 69.1 cm³/mol. The third-order valence-corrected chi connectivity index (χ3v) is 3.29. The summed E-state index contributed by atoms with van der Waals surface area (Å²) in [5.74, 6) is 0.0624. The van der Waals surface area contributed by atoms with Gasteiger partial charge < -0.3 is 0 Å². The van der Waals surface area contributed by atoms with Crippen molar-refractivity contribution in [2.45, 2.75) is 19.6 Å². The number of aryl methyl sites for hydroxylation is 2. The largest absolute Gasteiger partial charge is 0.229 e. The fraction of sp³-hybridized carbons (Fsp3) is 0.308. The van der Waals surface area contributed by atoms with E-state index >= 15 is 0 Å². The van der Waals surface area contributed by atoms with Crippen LogP contribution in [0.15, 0.2) is 18.2 Å². The zero-order valence-corrected chi connectivity index (χ0v) is 11.0. The van der Waals surface area contributed by atoms with Crippen LogP contribution in [0.3, 0.4) is 0 Å². The van der Waals surface area contributed by atoms with Crippen molar-refractivity contribution in [3.8, 4) is 6.07 Å². The number of nitriles is 1. The maximum Gasteiger partial charge on any atom is 0.151 e. The van der Waals surface area contributed by atoms with Crippen LogP contribution < -0.4 is 0 Å². The highest BCUT2D eigenvalue weighted by Gasteiger charge is 2.10. The number of hydrogen-bond donors (Lipinski definition) is 0. The summed E-state index contributed by atoms with van der Waals surface area (Å²) >= 11 is 0. The molecule has 0 unspecified atom stereocenters. The van der Waals surface area contributed by atoms with E-state index in [2.05, 4.69) is 0 Å².